The van der Waals surface area contributed by atoms with Gasteiger partial charge in [-0.1, -0.05) is 35.5 Å². The Balaban J connectivity index is 1.62. The molecule has 2 aromatic heterocycles. The number of aliphatic hydroxyl groups excluding tert-OH is 1. The van der Waals surface area contributed by atoms with E-state index >= 15 is 0 Å². The molecule has 2 fully saturated rings. The van der Waals surface area contributed by atoms with Crippen molar-refractivity contribution in [3.63, 3.8) is 0 Å². The van der Waals surface area contributed by atoms with Gasteiger partial charge in [0, 0.05) is 5.56 Å². The second-order valence-electron chi connectivity index (χ2n) is 7.30. The Morgan fingerprint density at radius 2 is 1.96 bits per heavy atom. The Morgan fingerprint density at radius 3 is 2.71 bits per heavy atom. The summed E-state index contributed by atoms with van der Waals surface area (Å²) in [5.41, 5.74) is 0.741. The van der Waals surface area contributed by atoms with E-state index in [0.717, 1.165) is 5.56 Å². The fraction of sp³-hybridized carbons (Fsp3) is 0.444. The fourth-order valence-electron chi connectivity index (χ4n) is 3.75. The predicted molar refractivity (Wildman–Crippen MR) is 96.2 cm³/mol. The quantitative estimate of drug-likeness (QED) is 0.671. The summed E-state index contributed by atoms with van der Waals surface area (Å²) < 4.78 is 19.2. The van der Waals surface area contributed by atoms with Gasteiger partial charge in [0.1, 0.15) is 24.1 Å². The van der Waals surface area contributed by atoms with Crippen LogP contribution in [0.1, 0.15) is 20.1 Å². The Hall–Kier alpha value is -2.66. The lowest BCUT2D eigenvalue weighted by Gasteiger charge is -2.23. The first-order valence-corrected chi connectivity index (χ1v) is 8.99. The number of aromatic amines is 1. The van der Waals surface area contributed by atoms with Gasteiger partial charge in [-0.25, -0.2) is 4.98 Å². The van der Waals surface area contributed by atoms with Gasteiger partial charge < -0.3 is 24.3 Å². The van der Waals surface area contributed by atoms with Gasteiger partial charge in [-0.3, -0.25) is 4.79 Å². The summed E-state index contributed by atoms with van der Waals surface area (Å²) in [5.74, 6) is -0.416. The van der Waals surface area contributed by atoms with E-state index in [1.807, 2.05) is 30.3 Å². The van der Waals surface area contributed by atoms with E-state index in [2.05, 4.69) is 20.3 Å². The highest BCUT2D eigenvalue weighted by atomic mass is 16.8. The summed E-state index contributed by atoms with van der Waals surface area (Å²) in [4.78, 5) is 19.8. The molecule has 0 aliphatic carbocycles. The van der Waals surface area contributed by atoms with Gasteiger partial charge in [-0.15, -0.1) is 5.10 Å². The van der Waals surface area contributed by atoms with E-state index in [0.29, 0.717) is 5.82 Å². The maximum atomic E-state index is 12.5. The number of benzene rings is 1. The third-order valence-corrected chi connectivity index (χ3v) is 4.93. The smallest absolute Gasteiger partial charge is 0.281 e. The molecule has 146 valence electrons. The van der Waals surface area contributed by atoms with Crippen LogP contribution in [0.5, 0.6) is 0 Å². The van der Waals surface area contributed by atoms with Gasteiger partial charge in [0.25, 0.3) is 5.56 Å². The van der Waals surface area contributed by atoms with Crippen LogP contribution in [0.4, 0.5) is 0 Å². The summed E-state index contributed by atoms with van der Waals surface area (Å²) in [7, 11) is 0. The average molecular weight is 385 g/mol. The van der Waals surface area contributed by atoms with Crippen LogP contribution < -0.4 is 5.56 Å². The molecule has 0 radical (unpaired) electrons. The summed E-state index contributed by atoms with van der Waals surface area (Å²) in [6.45, 7) is 3.37. The van der Waals surface area contributed by atoms with E-state index in [-0.39, 0.29) is 17.8 Å². The molecule has 4 heterocycles. The first kappa shape index (κ1) is 17.4. The van der Waals surface area contributed by atoms with E-state index in [1.54, 1.807) is 13.8 Å². The Bertz CT molecular complexity index is 1080. The molecule has 2 aliphatic heterocycles. The van der Waals surface area contributed by atoms with Crippen molar-refractivity contribution in [2.24, 2.45) is 0 Å². The van der Waals surface area contributed by atoms with Crippen molar-refractivity contribution in [2.75, 3.05) is 6.61 Å². The van der Waals surface area contributed by atoms with E-state index < -0.39 is 35.9 Å². The van der Waals surface area contributed by atoms with Crippen molar-refractivity contribution in [2.45, 2.75) is 44.2 Å². The van der Waals surface area contributed by atoms with Crippen molar-refractivity contribution < 1.29 is 19.3 Å². The zero-order valence-electron chi connectivity index (χ0n) is 15.3. The van der Waals surface area contributed by atoms with Crippen molar-refractivity contribution in [3.8, 4) is 11.4 Å². The molecule has 0 unspecified atom stereocenters. The molecular weight excluding hydrogens is 366 g/mol. The van der Waals surface area contributed by atoms with Crippen LogP contribution in [0.3, 0.4) is 0 Å². The highest BCUT2D eigenvalue weighted by Crippen LogP contribution is 2.43. The molecule has 5 rings (SSSR count). The molecule has 28 heavy (non-hydrogen) atoms. The van der Waals surface area contributed by atoms with Gasteiger partial charge in [0.15, 0.2) is 23.2 Å². The lowest BCUT2D eigenvalue weighted by Crippen LogP contribution is -2.31. The van der Waals surface area contributed by atoms with E-state index in [4.69, 9.17) is 14.2 Å². The zero-order valence-corrected chi connectivity index (χ0v) is 15.3. The predicted octanol–water partition coefficient (Wildman–Crippen LogP) is 0.591. The average Bonchev–Trinajstić information content (AvgIpc) is 3.33. The molecule has 0 amide bonds. The second kappa shape index (κ2) is 6.17. The van der Waals surface area contributed by atoms with Crippen LogP contribution in [0, 0.1) is 0 Å². The van der Waals surface area contributed by atoms with Gasteiger partial charge in [-0.05, 0) is 13.8 Å². The minimum Gasteiger partial charge on any atom is -0.394 e. The molecule has 1 aromatic carbocycles. The number of H-pyrrole nitrogens is 1. The lowest BCUT2D eigenvalue weighted by atomic mass is 10.1. The molecule has 0 bridgehead atoms. The van der Waals surface area contributed by atoms with Crippen LogP contribution in [-0.2, 0) is 14.2 Å². The van der Waals surface area contributed by atoms with Crippen LogP contribution in [-0.4, -0.2) is 60.8 Å². The van der Waals surface area contributed by atoms with E-state index in [9.17, 15) is 9.90 Å². The van der Waals surface area contributed by atoms with Crippen molar-refractivity contribution in [3.05, 3.63) is 40.7 Å². The number of hydrogen-bond acceptors (Lipinski definition) is 8. The fourth-order valence-corrected chi connectivity index (χ4v) is 3.75. The Kier molecular flexibility index (Phi) is 3.85. The number of nitrogens with one attached hydrogen (secondary N) is 1. The van der Waals surface area contributed by atoms with E-state index in [1.165, 1.54) is 4.68 Å². The first-order valence-electron chi connectivity index (χ1n) is 8.99. The number of hydrogen-bond donors (Lipinski definition) is 2. The monoisotopic (exact) mass is 385 g/mol. The SMILES string of the molecule is CC1(C)O[C@@H]2[C@H](O1)[C@@H](CO)O[C@H]2n1nnc2c(=O)[nH]c(-c3ccccc3)nc21. The molecule has 0 saturated carbocycles. The molecular formula is C18H19N5O5. The normalized spacial score (nSPS) is 28.7. The molecule has 2 N–H and O–H groups in total. The maximum Gasteiger partial charge on any atom is 0.281 e. The number of nitrogens with zero attached hydrogens (tertiary/aromatic N) is 4. The standard InChI is InChI=1S/C18H19N5O5/c1-18(2)27-12-10(8-24)26-17(13(12)28-18)23-15-11(21-22-23)16(25)20-14(19-15)9-6-4-3-5-7-9/h3-7,10,12-13,17,24H,8H2,1-2H3,(H,19,20,25)/t10-,12-,13-,17-/m1/s1. The highest BCUT2D eigenvalue weighted by molar-refractivity contribution is 5.71. The highest BCUT2D eigenvalue weighted by Gasteiger charge is 2.56. The van der Waals surface area contributed by atoms with Crippen molar-refractivity contribution in [1.82, 2.24) is 25.0 Å². The molecule has 10 nitrogen and oxygen atoms in total. The van der Waals surface area contributed by atoms with Gasteiger partial charge in [0.2, 0.25) is 0 Å². The third kappa shape index (κ3) is 2.65. The van der Waals surface area contributed by atoms with Crippen molar-refractivity contribution >= 4 is 11.2 Å². The molecule has 2 saturated heterocycles. The number of aromatic nitrogens is 5. The van der Waals surface area contributed by atoms with Crippen molar-refractivity contribution in [1.29, 1.82) is 0 Å². The Labute approximate surface area is 159 Å². The first-order chi connectivity index (χ1) is 13.5. The molecule has 2 aliphatic rings. The molecule has 3 aromatic rings. The van der Waals surface area contributed by atoms with Crippen LogP contribution >= 0.6 is 0 Å². The summed E-state index contributed by atoms with van der Waals surface area (Å²) in [6.07, 6.45) is -2.28. The third-order valence-electron chi connectivity index (χ3n) is 4.93. The summed E-state index contributed by atoms with van der Waals surface area (Å²) in [6, 6.07) is 9.29. The number of fused-ring (bicyclic) bond motifs is 2. The van der Waals surface area contributed by atoms with Gasteiger partial charge in [-0.2, -0.15) is 4.68 Å². The van der Waals surface area contributed by atoms with Crippen LogP contribution in [0.25, 0.3) is 22.6 Å². The number of ether oxygens (including phenoxy) is 3. The van der Waals surface area contributed by atoms with Crippen LogP contribution in [0.2, 0.25) is 0 Å². The summed E-state index contributed by atoms with van der Waals surface area (Å²) in [5, 5.41) is 17.7. The second-order valence-corrected chi connectivity index (χ2v) is 7.30. The minimum absolute atomic E-state index is 0.102. The zero-order chi connectivity index (χ0) is 19.5. The summed E-state index contributed by atoms with van der Waals surface area (Å²) >= 11 is 0. The maximum absolute atomic E-state index is 12.5. The lowest BCUT2D eigenvalue weighted by molar-refractivity contribution is -0.201. The van der Waals surface area contributed by atoms with Gasteiger partial charge >= 0.3 is 0 Å². The minimum atomic E-state index is -0.818. The van der Waals surface area contributed by atoms with Gasteiger partial charge in [0.05, 0.1) is 6.61 Å². The largest absolute Gasteiger partial charge is 0.394 e. The number of rotatable bonds is 3. The molecule has 10 heteroatoms. The number of aliphatic hydroxyl groups is 1. The van der Waals surface area contributed by atoms with Crippen LogP contribution in [0.15, 0.2) is 35.1 Å². The molecule has 4 atom stereocenters. The Morgan fingerprint density at radius 1 is 1.21 bits per heavy atom. The molecule has 0 spiro atoms. The topological polar surface area (TPSA) is 124 Å².